The molecule has 15 heavy (non-hydrogen) atoms. The number of nitrogens with one attached hydrogen (secondary N) is 2. The summed E-state index contributed by atoms with van der Waals surface area (Å²) in [5.41, 5.74) is 5.07. The van der Waals surface area contributed by atoms with Gasteiger partial charge in [0.15, 0.2) is 0 Å². The molecular weight excluding hydrogens is 194 g/mol. The van der Waals surface area contributed by atoms with Crippen molar-refractivity contribution in [3.05, 3.63) is 0 Å². The zero-order valence-electron chi connectivity index (χ0n) is 9.14. The minimum absolute atomic E-state index is 0.0256. The topological polar surface area (TPSA) is 84.2 Å². The molecule has 4 N–H and O–H groups in total. The van der Waals surface area contributed by atoms with Crippen LogP contribution >= 0.6 is 0 Å². The molecule has 0 unspecified atom stereocenters. The molecule has 0 bridgehead atoms. The molecule has 1 aliphatic rings. The highest BCUT2D eigenvalue weighted by molar-refractivity contribution is 5.90. The maximum absolute atomic E-state index is 11.5. The van der Waals surface area contributed by atoms with Gasteiger partial charge in [-0.3, -0.25) is 9.59 Å². The van der Waals surface area contributed by atoms with Crippen LogP contribution in [-0.2, 0) is 9.59 Å². The average Bonchev–Trinajstić information content (AvgIpc) is 2.19. The fourth-order valence-electron chi connectivity index (χ4n) is 1.45. The van der Waals surface area contributed by atoms with E-state index < -0.39 is 5.54 Å². The summed E-state index contributed by atoms with van der Waals surface area (Å²) in [6, 6.07) is 0. The van der Waals surface area contributed by atoms with Crippen LogP contribution in [0.2, 0.25) is 0 Å². The Morgan fingerprint density at radius 1 is 1.33 bits per heavy atom. The third kappa shape index (κ3) is 3.20. The predicted molar refractivity (Wildman–Crippen MR) is 57.1 cm³/mol. The van der Waals surface area contributed by atoms with Crippen LogP contribution in [0.25, 0.3) is 0 Å². The van der Waals surface area contributed by atoms with E-state index in [2.05, 4.69) is 10.6 Å². The summed E-state index contributed by atoms with van der Waals surface area (Å²) in [7, 11) is 0. The highest BCUT2D eigenvalue weighted by Crippen LogP contribution is 2.28. The van der Waals surface area contributed by atoms with Crippen molar-refractivity contribution in [1.29, 1.82) is 0 Å². The van der Waals surface area contributed by atoms with Crippen molar-refractivity contribution in [3.8, 4) is 0 Å². The van der Waals surface area contributed by atoms with Crippen molar-refractivity contribution in [1.82, 2.24) is 10.6 Å². The molecule has 2 amide bonds. The Hall–Kier alpha value is -1.10. The predicted octanol–water partition coefficient (Wildman–Crippen LogP) is -0.490. The van der Waals surface area contributed by atoms with Crippen molar-refractivity contribution in [2.45, 2.75) is 38.1 Å². The van der Waals surface area contributed by atoms with Crippen LogP contribution < -0.4 is 16.4 Å². The largest absolute Gasteiger partial charge is 0.355 e. The molecular formula is C10H19N3O2. The first-order valence-corrected chi connectivity index (χ1v) is 5.42. The Balaban J connectivity index is 2.19. The van der Waals surface area contributed by atoms with Gasteiger partial charge in [0, 0.05) is 6.54 Å². The maximum Gasteiger partial charge on any atom is 0.240 e. The Bertz CT molecular complexity index is 249. The first kappa shape index (κ1) is 12.0. The fourth-order valence-corrected chi connectivity index (χ4v) is 1.45. The highest BCUT2D eigenvalue weighted by Gasteiger charge is 2.39. The van der Waals surface area contributed by atoms with E-state index in [1.165, 1.54) is 0 Å². The number of carbonyl (C=O) groups excluding carboxylic acids is 2. The van der Waals surface area contributed by atoms with Crippen LogP contribution in [0.4, 0.5) is 0 Å². The first-order chi connectivity index (χ1) is 7.08. The summed E-state index contributed by atoms with van der Waals surface area (Å²) in [6.45, 7) is 2.64. The van der Waals surface area contributed by atoms with Gasteiger partial charge in [-0.1, -0.05) is 6.92 Å². The molecule has 0 heterocycles. The minimum Gasteiger partial charge on any atom is -0.355 e. The van der Waals surface area contributed by atoms with E-state index in [1.807, 2.05) is 6.92 Å². The number of amides is 2. The van der Waals surface area contributed by atoms with E-state index in [0.29, 0.717) is 6.54 Å². The third-order valence-electron chi connectivity index (χ3n) is 2.68. The normalized spacial score (nSPS) is 17.7. The number of hydrogen-bond donors (Lipinski definition) is 3. The SMILES string of the molecule is CCCNC(=O)CNC(=O)C1(N)CCC1. The van der Waals surface area contributed by atoms with Crippen molar-refractivity contribution in [2.75, 3.05) is 13.1 Å². The fraction of sp³-hybridized carbons (Fsp3) is 0.800. The molecule has 0 saturated heterocycles. The Morgan fingerprint density at radius 2 is 2.00 bits per heavy atom. The van der Waals surface area contributed by atoms with Gasteiger partial charge < -0.3 is 16.4 Å². The number of hydrogen-bond acceptors (Lipinski definition) is 3. The lowest BCUT2D eigenvalue weighted by atomic mass is 9.77. The van der Waals surface area contributed by atoms with Crippen molar-refractivity contribution in [2.24, 2.45) is 5.73 Å². The summed E-state index contributed by atoms with van der Waals surface area (Å²) in [5, 5.41) is 5.24. The third-order valence-corrected chi connectivity index (χ3v) is 2.68. The van der Waals surface area contributed by atoms with Crippen LogP contribution in [0.1, 0.15) is 32.6 Å². The zero-order valence-corrected chi connectivity index (χ0v) is 9.14. The Morgan fingerprint density at radius 3 is 2.47 bits per heavy atom. The van der Waals surface area contributed by atoms with Crippen LogP contribution in [0.5, 0.6) is 0 Å². The summed E-state index contributed by atoms with van der Waals surface area (Å²) in [4.78, 5) is 22.7. The number of carbonyl (C=O) groups is 2. The van der Waals surface area contributed by atoms with Crippen molar-refractivity contribution in [3.63, 3.8) is 0 Å². The Kier molecular flexibility index (Phi) is 4.08. The molecule has 5 heteroatoms. The second-order valence-electron chi connectivity index (χ2n) is 4.04. The molecule has 0 radical (unpaired) electrons. The first-order valence-electron chi connectivity index (χ1n) is 5.42. The molecule has 0 atom stereocenters. The van der Waals surface area contributed by atoms with E-state index in [9.17, 15) is 9.59 Å². The van der Waals surface area contributed by atoms with E-state index in [4.69, 9.17) is 5.73 Å². The lowest BCUT2D eigenvalue weighted by Crippen LogP contribution is -2.59. The lowest BCUT2D eigenvalue weighted by molar-refractivity contribution is -0.131. The molecule has 1 aliphatic carbocycles. The molecule has 86 valence electrons. The van der Waals surface area contributed by atoms with E-state index in [-0.39, 0.29) is 18.4 Å². The van der Waals surface area contributed by atoms with Crippen LogP contribution in [0.15, 0.2) is 0 Å². The summed E-state index contributed by atoms with van der Waals surface area (Å²) >= 11 is 0. The molecule has 0 aromatic carbocycles. The van der Waals surface area contributed by atoms with Gasteiger partial charge in [0.05, 0.1) is 12.1 Å². The van der Waals surface area contributed by atoms with Crippen LogP contribution in [0, 0.1) is 0 Å². The van der Waals surface area contributed by atoms with E-state index in [1.54, 1.807) is 0 Å². The number of rotatable bonds is 5. The molecule has 1 saturated carbocycles. The molecule has 0 aliphatic heterocycles. The summed E-state index contributed by atoms with van der Waals surface area (Å²) in [6.07, 6.45) is 3.32. The quantitative estimate of drug-likeness (QED) is 0.576. The minimum atomic E-state index is -0.717. The standard InChI is InChI=1S/C10H19N3O2/c1-2-6-12-8(14)7-13-9(15)10(11)4-3-5-10/h2-7,11H2,1H3,(H,12,14)(H,13,15). The van der Waals surface area contributed by atoms with E-state index >= 15 is 0 Å². The summed E-state index contributed by atoms with van der Waals surface area (Å²) in [5.74, 6) is -0.367. The van der Waals surface area contributed by atoms with Gasteiger partial charge >= 0.3 is 0 Å². The van der Waals surface area contributed by atoms with Gasteiger partial charge in [-0.25, -0.2) is 0 Å². The van der Waals surface area contributed by atoms with Crippen molar-refractivity contribution >= 4 is 11.8 Å². The second-order valence-corrected chi connectivity index (χ2v) is 4.04. The lowest BCUT2D eigenvalue weighted by Gasteiger charge is -2.36. The van der Waals surface area contributed by atoms with Gasteiger partial charge in [-0.2, -0.15) is 0 Å². The average molecular weight is 213 g/mol. The van der Waals surface area contributed by atoms with Crippen LogP contribution in [0.3, 0.4) is 0 Å². The zero-order chi connectivity index (χ0) is 11.3. The molecule has 0 aromatic rings. The van der Waals surface area contributed by atoms with Crippen LogP contribution in [-0.4, -0.2) is 30.4 Å². The van der Waals surface area contributed by atoms with Crippen molar-refractivity contribution < 1.29 is 9.59 Å². The maximum atomic E-state index is 11.5. The molecule has 0 spiro atoms. The molecule has 1 fully saturated rings. The van der Waals surface area contributed by atoms with Gasteiger partial charge in [0.2, 0.25) is 11.8 Å². The van der Waals surface area contributed by atoms with Gasteiger partial charge in [0.1, 0.15) is 0 Å². The Labute approximate surface area is 89.8 Å². The van der Waals surface area contributed by atoms with Gasteiger partial charge in [0.25, 0.3) is 0 Å². The molecule has 1 rings (SSSR count). The monoisotopic (exact) mass is 213 g/mol. The van der Waals surface area contributed by atoms with Gasteiger partial charge in [-0.05, 0) is 25.7 Å². The highest BCUT2D eigenvalue weighted by atomic mass is 16.2. The number of nitrogens with two attached hydrogens (primary N) is 1. The van der Waals surface area contributed by atoms with E-state index in [0.717, 1.165) is 25.7 Å². The smallest absolute Gasteiger partial charge is 0.240 e. The molecule has 5 nitrogen and oxygen atoms in total. The second kappa shape index (κ2) is 5.11. The summed E-state index contributed by atoms with van der Waals surface area (Å²) < 4.78 is 0. The molecule has 0 aromatic heterocycles. The van der Waals surface area contributed by atoms with Gasteiger partial charge in [-0.15, -0.1) is 0 Å².